The summed E-state index contributed by atoms with van der Waals surface area (Å²) >= 11 is 0. The van der Waals surface area contributed by atoms with Crippen LogP contribution in [0, 0.1) is 0 Å². The molecule has 0 aliphatic heterocycles. The Kier molecular flexibility index (Phi) is 36.2. The van der Waals surface area contributed by atoms with E-state index in [4.69, 9.17) is 47.4 Å². The van der Waals surface area contributed by atoms with Gasteiger partial charge in [-0.25, -0.2) is 0 Å². The average molecular weight is 667 g/mol. The van der Waals surface area contributed by atoms with Crippen molar-refractivity contribution in [2.45, 2.75) is 104 Å². The third kappa shape index (κ3) is 41.1. The summed E-state index contributed by atoms with van der Waals surface area (Å²) in [4.78, 5) is 11.6. The predicted octanol–water partition coefficient (Wildman–Crippen LogP) is 5.79. The lowest BCUT2D eigenvalue weighted by molar-refractivity contribution is -0.156. The minimum atomic E-state index is -0.468. The summed E-state index contributed by atoms with van der Waals surface area (Å²) in [5.74, 6) is -0.259. The Morgan fingerprint density at radius 1 is 0.370 bits per heavy atom. The van der Waals surface area contributed by atoms with Crippen LogP contribution in [0.3, 0.4) is 0 Å². The molecule has 0 unspecified atom stereocenters. The Bertz CT molecular complexity index is 602. The van der Waals surface area contributed by atoms with E-state index in [1.807, 2.05) is 20.8 Å². The lowest BCUT2D eigenvalue weighted by atomic mass is 10.1. The predicted molar refractivity (Wildman–Crippen MR) is 180 cm³/mol. The molecule has 0 aromatic carbocycles. The van der Waals surface area contributed by atoms with Crippen LogP contribution in [0.1, 0.15) is 98.3 Å². The van der Waals surface area contributed by atoms with Gasteiger partial charge >= 0.3 is 5.97 Å². The van der Waals surface area contributed by atoms with Gasteiger partial charge in [0.2, 0.25) is 0 Å². The van der Waals surface area contributed by atoms with Gasteiger partial charge in [0.1, 0.15) is 5.60 Å². The Balaban J connectivity index is 3.09. The first-order chi connectivity index (χ1) is 22.5. The van der Waals surface area contributed by atoms with E-state index in [0.29, 0.717) is 112 Å². The number of unbranched alkanes of at least 4 members (excludes halogenated alkanes) is 9. The van der Waals surface area contributed by atoms with Gasteiger partial charge in [-0.3, -0.25) is 4.79 Å². The zero-order valence-corrected chi connectivity index (χ0v) is 30.0. The first-order valence-electron chi connectivity index (χ1n) is 17.9. The van der Waals surface area contributed by atoms with Crippen LogP contribution in [0.2, 0.25) is 0 Å². The largest absolute Gasteiger partial charge is 0.460 e. The first-order valence-corrected chi connectivity index (χ1v) is 17.9. The number of hydrogen-bond acceptors (Lipinski definition) is 11. The number of rotatable bonds is 38. The molecule has 276 valence electrons. The fourth-order valence-electron chi connectivity index (χ4n) is 4.10. The molecule has 0 aliphatic carbocycles. The molecule has 0 rings (SSSR count). The molecule has 0 N–H and O–H groups in total. The number of esters is 1. The molecule has 0 saturated carbocycles. The second-order valence-corrected chi connectivity index (χ2v) is 12.0. The summed E-state index contributed by atoms with van der Waals surface area (Å²) in [6.45, 7) is 17.3. The Morgan fingerprint density at radius 3 is 0.935 bits per heavy atom. The molecule has 0 aliphatic rings. The standard InChI is InChI=1S/C35H70O11/c1-5-6-7-8-9-10-11-12-13-14-16-37-18-20-39-22-24-41-26-28-43-30-32-45-33-31-44-29-27-42-25-23-40-21-19-38-17-15-34(36)46-35(2,3)4/h5-33H2,1-4H3. The summed E-state index contributed by atoms with van der Waals surface area (Å²) in [6.07, 6.45) is 13.6. The van der Waals surface area contributed by atoms with Crippen molar-refractivity contribution in [1.82, 2.24) is 0 Å². The SMILES string of the molecule is CCCCCCCCCCCCOCCOCCOCCOCCOCCOCCOCCOCCOCCC(=O)OC(C)(C)C. The third-order valence-electron chi connectivity index (χ3n) is 6.49. The van der Waals surface area contributed by atoms with Crippen molar-refractivity contribution in [2.24, 2.45) is 0 Å². The highest BCUT2D eigenvalue weighted by Crippen LogP contribution is 2.10. The van der Waals surface area contributed by atoms with Gasteiger partial charge < -0.3 is 47.4 Å². The molecule has 0 atom stereocenters. The Labute approximate surface area is 280 Å². The van der Waals surface area contributed by atoms with Gasteiger partial charge in [0.05, 0.1) is 119 Å². The maximum atomic E-state index is 11.6. The van der Waals surface area contributed by atoms with E-state index < -0.39 is 5.60 Å². The minimum Gasteiger partial charge on any atom is -0.460 e. The highest BCUT2D eigenvalue weighted by molar-refractivity contribution is 5.69. The normalized spacial score (nSPS) is 11.8. The molecule has 0 fully saturated rings. The summed E-state index contributed by atoms with van der Waals surface area (Å²) < 4.78 is 54.6. The number of ether oxygens (including phenoxy) is 10. The highest BCUT2D eigenvalue weighted by Gasteiger charge is 2.15. The smallest absolute Gasteiger partial charge is 0.308 e. The van der Waals surface area contributed by atoms with Crippen molar-refractivity contribution in [3.63, 3.8) is 0 Å². The van der Waals surface area contributed by atoms with Crippen LogP contribution in [-0.2, 0) is 52.2 Å². The topological polar surface area (TPSA) is 109 Å². The third-order valence-corrected chi connectivity index (χ3v) is 6.49. The van der Waals surface area contributed by atoms with Crippen LogP contribution in [0.5, 0.6) is 0 Å². The van der Waals surface area contributed by atoms with Crippen LogP contribution in [0.4, 0.5) is 0 Å². The zero-order valence-electron chi connectivity index (χ0n) is 30.0. The van der Waals surface area contributed by atoms with Crippen LogP contribution >= 0.6 is 0 Å². The monoisotopic (exact) mass is 666 g/mol. The minimum absolute atomic E-state index is 0.238. The van der Waals surface area contributed by atoms with Gasteiger partial charge in [0.15, 0.2) is 0 Å². The second-order valence-electron chi connectivity index (χ2n) is 12.0. The van der Waals surface area contributed by atoms with E-state index in [1.54, 1.807) is 0 Å². The molecule has 0 bridgehead atoms. The molecular formula is C35H70O11. The Morgan fingerprint density at radius 2 is 0.630 bits per heavy atom. The van der Waals surface area contributed by atoms with Gasteiger partial charge in [-0.05, 0) is 27.2 Å². The average Bonchev–Trinajstić information content (AvgIpc) is 3.01. The summed E-state index contributed by atoms with van der Waals surface area (Å²) in [5, 5.41) is 0. The van der Waals surface area contributed by atoms with Crippen molar-refractivity contribution in [3.05, 3.63) is 0 Å². The van der Waals surface area contributed by atoms with E-state index in [0.717, 1.165) is 13.0 Å². The molecule has 46 heavy (non-hydrogen) atoms. The van der Waals surface area contributed by atoms with Gasteiger partial charge in [0, 0.05) is 6.61 Å². The molecule has 11 heteroatoms. The summed E-state index contributed by atoms with van der Waals surface area (Å²) in [5.41, 5.74) is -0.468. The molecular weight excluding hydrogens is 596 g/mol. The molecule has 0 spiro atoms. The first kappa shape index (κ1) is 45.1. The van der Waals surface area contributed by atoms with E-state index in [1.165, 1.54) is 57.8 Å². The van der Waals surface area contributed by atoms with Gasteiger partial charge in [0.25, 0.3) is 0 Å². The van der Waals surface area contributed by atoms with E-state index in [2.05, 4.69) is 6.92 Å². The van der Waals surface area contributed by atoms with Crippen LogP contribution in [-0.4, -0.2) is 130 Å². The highest BCUT2D eigenvalue weighted by atomic mass is 16.6. The van der Waals surface area contributed by atoms with Crippen LogP contribution < -0.4 is 0 Å². The summed E-state index contributed by atoms with van der Waals surface area (Å²) in [6, 6.07) is 0. The van der Waals surface area contributed by atoms with Crippen molar-refractivity contribution < 1.29 is 52.2 Å². The van der Waals surface area contributed by atoms with Crippen molar-refractivity contribution in [1.29, 1.82) is 0 Å². The number of hydrogen-bond donors (Lipinski definition) is 0. The molecule has 0 saturated heterocycles. The fourth-order valence-corrected chi connectivity index (χ4v) is 4.10. The van der Waals surface area contributed by atoms with Gasteiger partial charge in [-0.2, -0.15) is 0 Å². The number of carbonyl (C=O) groups is 1. The molecule has 11 nitrogen and oxygen atoms in total. The van der Waals surface area contributed by atoms with Crippen molar-refractivity contribution >= 4 is 5.97 Å². The molecule has 0 amide bonds. The molecule has 0 radical (unpaired) electrons. The Hall–Kier alpha value is -0.890. The zero-order chi connectivity index (χ0) is 33.7. The molecule has 0 heterocycles. The van der Waals surface area contributed by atoms with Gasteiger partial charge in [-0.1, -0.05) is 64.7 Å². The van der Waals surface area contributed by atoms with Gasteiger partial charge in [-0.15, -0.1) is 0 Å². The maximum absolute atomic E-state index is 11.6. The van der Waals surface area contributed by atoms with Crippen molar-refractivity contribution in [2.75, 3.05) is 119 Å². The lowest BCUT2D eigenvalue weighted by Crippen LogP contribution is -2.24. The molecule has 0 aromatic rings. The van der Waals surface area contributed by atoms with Crippen LogP contribution in [0.25, 0.3) is 0 Å². The quantitative estimate of drug-likeness (QED) is 0.0590. The molecule has 0 aromatic heterocycles. The van der Waals surface area contributed by atoms with E-state index in [9.17, 15) is 4.79 Å². The van der Waals surface area contributed by atoms with E-state index in [-0.39, 0.29) is 12.4 Å². The maximum Gasteiger partial charge on any atom is 0.308 e. The van der Waals surface area contributed by atoms with Crippen molar-refractivity contribution in [3.8, 4) is 0 Å². The van der Waals surface area contributed by atoms with E-state index >= 15 is 0 Å². The number of carbonyl (C=O) groups excluding carboxylic acids is 1. The second kappa shape index (κ2) is 36.9. The lowest BCUT2D eigenvalue weighted by Gasteiger charge is -2.19. The van der Waals surface area contributed by atoms with Crippen LogP contribution in [0.15, 0.2) is 0 Å². The fraction of sp³-hybridized carbons (Fsp3) is 0.971. The summed E-state index contributed by atoms with van der Waals surface area (Å²) in [7, 11) is 0.